The zero-order chi connectivity index (χ0) is 13.4. The normalized spacial score (nSPS) is 21.6. The van der Waals surface area contributed by atoms with Crippen LogP contribution in [0.25, 0.3) is 0 Å². The maximum atomic E-state index is 13.1. The van der Waals surface area contributed by atoms with Crippen LogP contribution in [-0.2, 0) is 10.3 Å². The van der Waals surface area contributed by atoms with Crippen molar-refractivity contribution in [3.8, 4) is 0 Å². The van der Waals surface area contributed by atoms with Gasteiger partial charge in [0.05, 0.1) is 18.2 Å². The number of carbonyl (C=O) groups excluding carboxylic acids is 1. The van der Waals surface area contributed by atoms with Gasteiger partial charge in [0.2, 0.25) is 5.92 Å². The molecule has 0 radical (unpaired) electrons. The molecule has 0 aliphatic heterocycles. The predicted octanol–water partition coefficient (Wildman–Crippen LogP) is 2.90. The molecule has 2 rings (SSSR count). The standard InChI is InChI=1S/C12H15F2NO2S/c1-17-10(16)8-6-9(18-7-8)11(15)2-4-12(13,14)5-3-11/h6-7H,2-5,15H2,1H3. The molecule has 1 saturated carbocycles. The van der Waals surface area contributed by atoms with Crippen molar-refractivity contribution >= 4 is 17.3 Å². The highest BCUT2D eigenvalue weighted by Gasteiger charge is 2.42. The van der Waals surface area contributed by atoms with Gasteiger partial charge < -0.3 is 10.5 Å². The Morgan fingerprint density at radius 1 is 1.39 bits per heavy atom. The topological polar surface area (TPSA) is 52.3 Å². The maximum absolute atomic E-state index is 13.1. The summed E-state index contributed by atoms with van der Waals surface area (Å²) < 4.78 is 30.9. The van der Waals surface area contributed by atoms with Gasteiger partial charge in [-0.05, 0) is 18.9 Å². The SMILES string of the molecule is COC(=O)c1csc(C2(N)CCC(F)(F)CC2)c1. The number of carbonyl (C=O) groups is 1. The van der Waals surface area contributed by atoms with Crippen molar-refractivity contribution in [3.05, 3.63) is 21.9 Å². The van der Waals surface area contributed by atoms with Crippen LogP contribution in [0.3, 0.4) is 0 Å². The van der Waals surface area contributed by atoms with E-state index in [2.05, 4.69) is 4.74 Å². The molecule has 100 valence electrons. The van der Waals surface area contributed by atoms with E-state index in [1.165, 1.54) is 18.4 Å². The second kappa shape index (κ2) is 4.59. The minimum absolute atomic E-state index is 0.199. The Balaban J connectivity index is 2.16. The van der Waals surface area contributed by atoms with Gasteiger partial charge in [-0.1, -0.05) is 0 Å². The zero-order valence-electron chi connectivity index (χ0n) is 10.0. The molecular formula is C12H15F2NO2S. The molecule has 1 aliphatic rings. The van der Waals surface area contributed by atoms with Crippen LogP contribution in [0.1, 0.15) is 40.9 Å². The molecule has 1 aromatic rings. The lowest BCUT2D eigenvalue weighted by atomic mass is 9.79. The van der Waals surface area contributed by atoms with E-state index in [9.17, 15) is 13.6 Å². The van der Waals surface area contributed by atoms with Gasteiger partial charge in [0.25, 0.3) is 0 Å². The lowest BCUT2D eigenvalue weighted by Gasteiger charge is -2.36. The molecular weight excluding hydrogens is 260 g/mol. The Labute approximate surface area is 108 Å². The average molecular weight is 275 g/mol. The molecule has 1 aliphatic carbocycles. The van der Waals surface area contributed by atoms with Crippen LogP contribution < -0.4 is 5.73 Å². The number of thiophene rings is 1. The van der Waals surface area contributed by atoms with E-state index in [-0.39, 0.29) is 25.7 Å². The van der Waals surface area contributed by atoms with Crippen molar-refractivity contribution in [1.29, 1.82) is 0 Å². The molecule has 1 aromatic heterocycles. The zero-order valence-corrected chi connectivity index (χ0v) is 10.9. The van der Waals surface area contributed by atoms with E-state index in [0.29, 0.717) is 5.56 Å². The van der Waals surface area contributed by atoms with E-state index in [0.717, 1.165) is 4.88 Å². The molecule has 1 fully saturated rings. The quantitative estimate of drug-likeness (QED) is 0.844. The van der Waals surface area contributed by atoms with Gasteiger partial charge in [-0.2, -0.15) is 0 Å². The van der Waals surface area contributed by atoms with Crippen molar-refractivity contribution in [3.63, 3.8) is 0 Å². The van der Waals surface area contributed by atoms with Crippen LogP contribution in [0.2, 0.25) is 0 Å². The van der Waals surface area contributed by atoms with Crippen LogP contribution in [0.5, 0.6) is 0 Å². The van der Waals surface area contributed by atoms with Crippen LogP contribution >= 0.6 is 11.3 Å². The first-order chi connectivity index (χ1) is 8.36. The number of rotatable bonds is 2. The second-order valence-electron chi connectivity index (χ2n) is 4.70. The van der Waals surface area contributed by atoms with Crippen LogP contribution in [0.4, 0.5) is 8.78 Å². The highest BCUT2D eigenvalue weighted by molar-refractivity contribution is 7.10. The summed E-state index contributed by atoms with van der Waals surface area (Å²) in [5.41, 5.74) is 5.87. The molecule has 0 unspecified atom stereocenters. The molecule has 2 N–H and O–H groups in total. The first-order valence-electron chi connectivity index (χ1n) is 5.70. The van der Waals surface area contributed by atoms with Gasteiger partial charge in [-0.15, -0.1) is 11.3 Å². The van der Waals surface area contributed by atoms with E-state index in [4.69, 9.17) is 5.73 Å². The largest absolute Gasteiger partial charge is 0.465 e. The Bertz CT molecular complexity index is 449. The number of esters is 1. The molecule has 3 nitrogen and oxygen atoms in total. The molecule has 0 atom stereocenters. The maximum Gasteiger partial charge on any atom is 0.338 e. The Morgan fingerprint density at radius 2 is 2.00 bits per heavy atom. The minimum atomic E-state index is -2.61. The fourth-order valence-corrected chi connectivity index (χ4v) is 3.18. The Morgan fingerprint density at radius 3 is 2.56 bits per heavy atom. The molecule has 0 spiro atoms. The van der Waals surface area contributed by atoms with Crippen LogP contribution in [0.15, 0.2) is 11.4 Å². The fraction of sp³-hybridized carbons (Fsp3) is 0.583. The number of halogens is 2. The second-order valence-corrected chi connectivity index (χ2v) is 5.61. The van der Waals surface area contributed by atoms with Crippen molar-refractivity contribution < 1.29 is 18.3 Å². The highest BCUT2D eigenvalue weighted by atomic mass is 32.1. The smallest absolute Gasteiger partial charge is 0.338 e. The number of alkyl halides is 2. The number of methoxy groups -OCH3 is 1. The van der Waals surface area contributed by atoms with Gasteiger partial charge in [-0.3, -0.25) is 0 Å². The lowest BCUT2D eigenvalue weighted by molar-refractivity contribution is -0.0509. The predicted molar refractivity (Wildman–Crippen MR) is 64.9 cm³/mol. The van der Waals surface area contributed by atoms with Gasteiger partial charge >= 0.3 is 5.97 Å². The van der Waals surface area contributed by atoms with Gasteiger partial charge in [0.15, 0.2) is 0 Å². The van der Waals surface area contributed by atoms with Crippen LogP contribution in [0, 0.1) is 0 Å². The summed E-state index contributed by atoms with van der Waals surface area (Å²) in [4.78, 5) is 12.1. The van der Waals surface area contributed by atoms with E-state index >= 15 is 0 Å². The van der Waals surface area contributed by atoms with Crippen molar-refractivity contribution in [2.45, 2.75) is 37.1 Å². The summed E-state index contributed by atoms with van der Waals surface area (Å²) in [6.07, 6.45) is 0.0756. The summed E-state index contributed by atoms with van der Waals surface area (Å²) in [7, 11) is 1.30. The molecule has 0 aromatic carbocycles. The van der Waals surface area contributed by atoms with Gasteiger partial charge in [0, 0.05) is 23.1 Å². The first-order valence-corrected chi connectivity index (χ1v) is 6.58. The summed E-state index contributed by atoms with van der Waals surface area (Å²) in [5.74, 6) is -3.03. The number of hydrogen-bond donors (Lipinski definition) is 1. The molecule has 6 heteroatoms. The van der Waals surface area contributed by atoms with E-state index in [1.54, 1.807) is 11.4 Å². The molecule has 0 saturated heterocycles. The van der Waals surface area contributed by atoms with Crippen molar-refractivity contribution in [2.24, 2.45) is 5.73 Å². The number of nitrogens with two attached hydrogens (primary N) is 1. The molecule has 1 heterocycles. The third-order valence-electron chi connectivity index (χ3n) is 3.39. The minimum Gasteiger partial charge on any atom is -0.465 e. The third-order valence-corrected chi connectivity index (χ3v) is 4.54. The van der Waals surface area contributed by atoms with Crippen LogP contribution in [-0.4, -0.2) is 19.0 Å². The van der Waals surface area contributed by atoms with E-state index in [1.807, 2.05) is 0 Å². The Hall–Kier alpha value is -1.01. The van der Waals surface area contributed by atoms with Crippen molar-refractivity contribution in [2.75, 3.05) is 7.11 Å². The number of hydrogen-bond acceptors (Lipinski definition) is 4. The fourth-order valence-electron chi connectivity index (χ4n) is 2.13. The van der Waals surface area contributed by atoms with Gasteiger partial charge in [0.1, 0.15) is 0 Å². The summed E-state index contributed by atoms with van der Waals surface area (Å²) in [5, 5.41) is 1.66. The molecule has 0 amide bonds. The molecule has 0 bridgehead atoms. The summed E-state index contributed by atoms with van der Waals surface area (Å²) in [6, 6.07) is 1.65. The number of ether oxygens (including phenoxy) is 1. The monoisotopic (exact) mass is 275 g/mol. The Kier molecular flexibility index (Phi) is 3.42. The summed E-state index contributed by atoms with van der Waals surface area (Å²) >= 11 is 1.33. The highest BCUT2D eigenvalue weighted by Crippen LogP contribution is 2.43. The third kappa shape index (κ3) is 2.54. The average Bonchev–Trinajstić information content (AvgIpc) is 2.82. The first kappa shape index (κ1) is 13.4. The lowest BCUT2D eigenvalue weighted by Crippen LogP contribution is -2.42. The molecule has 18 heavy (non-hydrogen) atoms. The summed E-state index contributed by atoms with van der Waals surface area (Å²) in [6.45, 7) is 0. The van der Waals surface area contributed by atoms with Gasteiger partial charge in [-0.25, -0.2) is 13.6 Å². The van der Waals surface area contributed by atoms with E-state index < -0.39 is 17.4 Å². The van der Waals surface area contributed by atoms with Crippen molar-refractivity contribution in [1.82, 2.24) is 0 Å².